The minimum atomic E-state index is -0.670. The van der Waals surface area contributed by atoms with Crippen molar-refractivity contribution < 1.29 is 23.5 Å². The fourth-order valence-corrected chi connectivity index (χ4v) is 2.89. The number of rotatable bonds is 6. The lowest BCUT2D eigenvalue weighted by molar-refractivity contribution is 0.0729. The Morgan fingerprint density at radius 2 is 1.83 bits per heavy atom. The molecule has 0 spiro atoms. The van der Waals surface area contributed by atoms with Gasteiger partial charge in [0.1, 0.15) is 5.82 Å². The number of nitrogens with zero attached hydrogens (tertiary/aromatic N) is 1. The van der Waals surface area contributed by atoms with Crippen molar-refractivity contribution in [3.63, 3.8) is 0 Å². The summed E-state index contributed by atoms with van der Waals surface area (Å²) in [5.74, 6) is -1.30. The molecule has 152 valence electrons. The van der Waals surface area contributed by atoms with Crippen LogP contribution >= 0.6 is 15.9 Å². The normalized spacial score (nSPS) is 10.6. The Balaban J connectivity index is 1.69. The number of carbonyl (C=O) groups excluding carboxylic acids is 2. The molecule has 0 heterocycles. The van der Waals surface area contributed by atoms with E-state index in [4.69, 9.17) is 9.47 Å². The molecule has 1 amide bonds. The minimum Gasteiger partial charge on any atom is -0.493 e. The van der Waals surface area contributed by atoms with Crippen molar-refractivity contribution in [3.05, 3.63) is 93.7 Å². The van der Waals surface area contributed by atoms with E-state index in [1.54, 1.807) is 48.5 Å². The summed E-state index contributed by atoms with van der Waals surface area (Å²) in [5, 5.41) is 3.82. The molecule has 6 nitrogen and oxygen atoms in total. The monoisotopic (exact) mass is 470 g/mol. The molecular weight excluding hydrogens is 455 g/mol. The van der Waals surface area contributed by atoms with Gasteiger partial charge in [0, 0.05) is 4.47 Å². The predicted octanol–water partition coefficient (Wildman–Crippen LogP) is 4.58. The summed E-state index contributed by atoms with van der Waals surface area (Å²) in [6.07, 6.45) is 1.36. The van der Waals surface area contributed by atoms with E-state index in [0.717, 1.165) is 4.47 Å². The quantitative estimate of drug-likeness (QED) is 0.247. The molecule has 0 aliphatic carbocycles. The Bertz CT molecular complexity index is 1120. The zero-order chi connectivity index (χ0) is 21.5. The average Bonchev–Trinajstić information content (AvgIpc) is 2.74. The first-order valence-electron chi connectivity index (χ1n) is 8.71. The van der Waals surface area contributed by atoms with Crippen molar-refractivity contribution >= 4 is 34.0 Å². The topological polar surface area (TPSA) is 77.0 Å². The Kier molecular flexibility index (Phi) is 6.92. The van der Waals surface area contributed by atoms with Gasteiger partial charge in [-0.05, 0) is 54.1 Å². The number of hydrazone groups is 1. The van der Waals surface area contributed by atoms with E-state index in [-0.39, 0.29) is 11.3 Å². The first kappa shape index (κ1) is 21.2. The summed E-state index contributed by atoms with van der Waals surface area (Å²) in [4.78, 5) is 24.3. The fraction of sp³-hybridized carbons (Fsp3) is 0.0455. The fourth-order valence-electron chi connectivity index (χ4n) is 2.49. The highest BCUT2D eigenvalue weighted by Crippen LogP contribution is 2.28. The van der Waals surface area contributed by atoms with Crippen LogP contribution in [0.25, 0.3) is 0 Å². The number of nitrogens with one attached hydrogen (secondary N) is 1. The molecule has 0 saturated heterocycles. The van der Waals surface area contributed by atoms with Crippen LogP contribution in [-0.2, 0) is 0 Å². The molecule has 0 bridgehead atoms. The van der Waals surface area contributed by atoms with Crippen molar-refractivity contribution in [1.29, 1.82) is 0 Å². The zero-order valence-electron chi connectivity index (χ0n) is 15.8. The number of hydrogen-bond acceptors (Lipinski definition) is 5. The number of carbonyl (C=O) groups is 2. The lowest BCUT2D eigenvalue weighted by Crippen LogP contribution is -2.18. The van der Waals surface area contributed by atoms with E-state index in [0.29, 0.717) is 16.9 Å². The summed E-state index contributed by atoms with van der Waals surface area (Å²) in [7, 11) is 1.44. The number of esters is 1. The van der Waals surface area contributed by atoms with Crippen LogP contribution in [-0.4, -0.2) is 25.2 Å². The molecule has 30 heavy (non-hydrogen) atoms. The van der Waals surface area contributed by atoms with E-state index >= 15 is 0 Å². The summed E-state index contributed by atoms with van der Waals surface area (Å²) in [6, 6.07) is 17.2. The third-order valence-electron chi connectivity index (χ3n) is 3.95. The van der Waals surface area contributed by atoms with Gasteiger partial charge in [-0.15, -0.1) is 0 Å². The smallest absolute Gasteiger partial charge is 0.343 e. The number of methoxy groups -OCH3 is 1. The van der Waals surface area contributed by atoms with Crippen molar-refractivity contribution in [2.24, 2.45) is 5.10 Å². The summed E-state index contributed by atoms with van der Waals surface area (Å²) in [6.45, 7) is 0. The number of hydrogen-bond donors (Lipinski definition) is 1. The molecule has 0 aliphatic heterocycles. The molecule has 3 rings (SSSR count). The summed E-state index contributed by atoms with van der Waals surface area (Å²) < 4.78 is 25.0. The second-order valence-corrected chi connectivity index (χ2v) is 6.90. The van der Waals surface area contributed by atoms with Gasteiger partial charge in [-0.3, -0.25) is 4.79 Å². The van der Waals surface area contributed by atoms with Crippen molar-refractivity contribution in [2.45, 2.75) is 0 Å². The Labute approximate surface area is 180 Å². The third kappa shape index (κ3) is 5.30. The largest absolute Gasteiger partial charge is 0.493 e. The van der Waals surface area contributed by atoms with E-state index in [2.05, 4.69) is 26.5 Å². The van der Waals surface area contributed by atoms with Crippen LogP contribution in [0.4, 0.5) is 4.39 Å². The minimum absolute atomic E-state index is 0.109. The third-order valence-corrected chi connectivity index (χ3v) is 4.44. The van der Waals surface area contributed by atoms with Crippen molar-refractivity contribution in [1.82, 2.24) is 5.43 Å². The molecule has 0 radical (unpaired) electrons. The molecule has 0 atom stereocenters. The van der Waals surface area contributed by atoms with Gasteiger partial charge in [0.25, 0.3) is 5.91 Å². The Hall–Kier alpha value is -3.52. The number of ether oxygens (including phenoxy) is 2. The predicted molar refractivity (Wildman–Crippen MR) is 114 cm³/mol. The van der Waals surface area contributed by atoms with Crippen molar-refractivity contribution in [2.75, 3.05) is 7.11 Å². The maximum Gasteiger partial charge on any atom is 0.343 e. The first-order valence-corrected chi connectivity index (χ1v) is 9.51. The van der Waals surface area contributed by atoms with E-state index in [1.807, 2.05) is 0 Å². The molecule has 3 aromatic carbocycles. The molecule has 0 unspecified atom stereocenters. The van der Waals surface area contributed by atoms with Gasteiger partial charge in [-0.1, -0.05) is 34.1 Å². The number of amides is 1. The van der Waals surface area contributed by atoms with Crippen LogP contribution in [0.3, 0.4) is 0 Å². The molecule has 8 heteroatoms. The highest BCUT2D eigenvalue weighted by atomic mass is 79.9. The highest BCUT2D eigenvalue weighted by Gasteiger charge is 2.13. The van der Waals surface area contributed by atoms with E-state index in [9.17, 15) is 14.0 Å². The highest BCUT2D eigenvalue weighted by molar-refractivity contribution is 9.10. The van der Waals surface area contributed by atoms with E-state index < -0.39 is 17.7 Å². The molecule has 3 aromatic rings. The first-order chi connectivity index (χ1) is 14.5. The molecule has 1 N–H and O–H groups in total. The SMILES string of the molecule is COc1cc(/C=N\NC(=O)c2ccccc2F)ccc1OC(=O)c1cccc(Br)c1. The van der Waals surface area contributed by atoms with Gasteiger partial charge in [0.15, 0.2) is 11.5 Å². The van der Waals surface area contributed by atoms with Crippen LogP contribution in [0.15, 0.2) is 76.3 Å². The van der Waals surface area contributed by atoms with Gasteiger partial charge in [0.2, 0.25) is 0 Å². The van der Waals surface area contributed by atoms with Crippen LogP contribution in [0.1, 0.15) is 26.3 Å². The van der Waals surface area contributed by atoms with E-state index in [1.165, 1.54) is 31.5 Å². The standard InChI is InChI=1S/C22H16BrFN2O4/c1-29-20-11-14(13-25-26-21(27)17-7-2-3-8-18(17)24)9-10-19(20)30-22(28)15-5-4-6-16(23)12-15/h2-13H,1H3,(H,26,27)/b25-13-. The molecule has 0 saturated carbocycles. The zero-order valence-corrected chi connectivity index (χ0v) is 17.4. The van der Waals surface area contributed by atoms with Gasteiger partial charge in [-0.25, -0.2) is 14.6 Å². The average molecular weight is 471 g/mol. The van der Waals surface area contributed by atoms with Gasteiger partial charge >= 0.3 is 5.97 Å². The molecule has 0 fully saturated rings. The number of halogens is 2. The van der Waals surface area contributed by atoms with Gasteiger partial charge in [0.05, 0.1) is 24.5 Å². The maximum atomic E-state index is 13.6. The molecular formula is C22H16BrFN2O4. The maximum absolute atomic E-state index is 13.6. The van der Waals surface area contributed by atoms with Crippen LogP contribution < -0.4 is 14.9 Å². The lowest BCUT2D eigenvalue weighted by atomic mass is 10.2. The van der Waals surface area contributed by atoms with Crippen LogP contribution in [0, 0.1) is 5.82 Å². The second-order valence-electron chi connectivity index (χ2n) is 5.99. The second kappa shape index (κ2) is 9.80. The Morgan fingerprint density at radius 1 is 1.03 bits per heavy atom. The summed E-state index contributed by atoms with van der Waals surface area (Å²) >= 11 is 3.31. The van der Waals surface area contributed by atoms with Gasteiger partial charge in [-0.2, -0.15) is 5.10 Å². The Morgan fingerprint density at radius 3 is 2.57 bits per heavy atom. The van der Waals surface area contributed by atoms with Crippen LogP contribution in [0.2, 0.25) is 0 Å². The molecule has 0 aliphatic rings. The summed E-state index contributed by atoms with van der Waals surface area (Å²) in [5.41, 5.74) is 3.10. The lowest BCUT2D eigenvalue weighted by Gasteiger charge is -2.10. The molecule has 0 aromatic heterocycles. The van der Waals surface area contributed by atoms with Gasteiger partial charge < -0.3 is 9.47 Å². The number of benzene rings is 3. The van der Waals surface area contributed by atoms with Crippen LogP contribution in [0.5, 0.6) is 11.5 Å². The van der Waals surface area contributed by atoms with Crippen molar-refractivity contribution in [3.8, 4) is 11.5 Å².